The zero-order chi connectivity index (χ0) is 30.1. The molecule has 2 atom stereocenters. The van der Waals surface area contributed by atoms with Gasteiger partial charge in [0.1, 0.15) is 29.4 Å². The third-order valence-corrected chi connectivity index (χ3v) is 5.65. The number of carbonyl (C=O) groups excluding carboxylic acids is 3. The predicted molar refractivity (Wildman–Crippen MR) is 149 cm³/mol. The van der Waals surface area contributed by atoms with E-state index >= 15 is 0 Å². The third-order valence-electron chi connectivity index (χ3n) is 5.65. The molecule has 0 aromatic heterocycles. The molecular formula is C31H30O10. The number of allylic oxidation sites excluding steroid dienone is 1. The Morgan fingerprint density at radius 2 is 1.61 bits per heavy atom. The summed E-state index contributed by atoms with van der Waals surface area (Å²) in [7, 11) is 0. The van der Waals surface area contributed by atoms with Crippen molar-refractivity contribution in [3.63, 3.8) is 0 Å². The van der Waals surface area contributed by atoms with Crippen molar-refractivity contribution in [3.8, 4) is 28.7 Å². The van der Waals surface area contributed by atoms with Crippen LogP contribution in [-0.4, -0.2) is 50.9 Å². The van der Waals surface area contributed by atoms with Crippen LogP contribution in [0.2, 0.25) is 0 Å². The zero-order valence-electron chi connectivity index (χ0n) is 22.6. The molecule has 4 N–H and O–H groups in total. The summed E-state index contributed by atoms with van der Waals surface area (Å²) in [6.07, 6.45) is 2.51. The minimum absolute atomic E-state index is 0.0461. The highest BCUT2D eigenvalue weighted by Gasteiger charge is 2.42. The number of ether oxygens (including phenoxy) is 3. The van der Waals surface area contributed by atoms with Gasteiger partial charge in [-0.3, -0.25) is 9.59 Å². The standard InChI is InChI=1S/C17H14O6.C14H16O4/c1-9(18)22-17-15(21)14-12(20)7-11(19)8-13(14)23-16(17)10-5-3-2-4-6-10;1-10(2)7-8-18-14(17)6-4-11-3-5-12(15)13(16)9-11/h2-8,16-17,19-20H,1H3;3-7,9,15-16H,8H2,1-2H3/b;6-4+. The second-order valence-corrected chi connectivity index (χ2v) is 9.17. The van der Waals surface area contributed by atoms with E-state index in [1.165, 1.54) is 37.3 Å². The highest BCUT2D eigenvalue weighted by molar-refractivity contribution is 6.06. The first-order valence-electron chi connectivity index (χ1n) is 12.5. The van der Waals surface area contributed by atoms with Crippen molar-refractivity contribution in [3.05, 3.63) is 95.1 Å². The molecule has 4 rings (SSSR count). The molecule has 3 aromatic rings. The number of phenolic OH excluding ortho intramolecular Hbond substituents is 4. The van der Waals surface area contributed by atoms with E-state index < -0.39 is 35.7 Å². The molecule has 0 saturated heterocycles. The number of carbonyl (C=O) groups is 3. The van der Waals surface area contributed by atoms with E-state index in [9.17, 15) is 29.7 Å². The van der Waals surface area contributed by atoms with Crippen molar-refractivity contribution in [2.75, 3.05) is 6.61 Å². The summed E-state index contributed by atoms with van der Waals surface area (Å²) in [5.41, 5.74) is 2.21. The molecule has 0 radical (unpaired) electrons. The molecule has 0 bridgehead atoms. The molecule has 0 amide bonds. The van der Waals surface area contributed by atoms with E-state index in [-0.39, 0.29) is 35.2 Å². The highest BCUT2D eigenvalue weighted by Crippen LogP contribution is 2.42. The number of aromatic hydroxyl groups is 4. The number of phenols is 4. The fourth-order valence-electron chi connectivity index (χ4n) is 3.73. The lowest BCUT2D eigenvalue weighted by Gasteiger charge is -2.32. The number of hydrogen-bond acceptors (Lipinski definition) is 10. The quantitative estimate of drug-likeness (QED) is 0.140. The fourth-order valence-corrected chi connectivity index (χ4v) is 3.73. The number of Topliss-reactive ketones (excluding diaryl/α,β-unsaturated/α-hetero) is 1. The van der Waals surface area contributed by atoms with Crippen LogP contribution in [0.15, 0.2) is 78.4 Å². The molecule has 1 heterocycles. The van der Waals surface area contributed by atoms with Crippen LogP contribution in [0.1, 0.15) is 48.4 Å². The molecule has 0 fully saturated rings. The average molecular weight is 563 g/mol. The molecular weight excluding hydrogens is 532 g/mol. The summed E-state index contributed by atoms with van der Waals surface area (Å²) < 4.78 is 15.8. The maximum atomic E-state index is 12.7. The summed E-state index contributed by atoms with van der Waals surface area (Å²) in [5, 5.41) is 37.9. The Hall–Kier alpha value is -5.25. The lowest BCUT2D eigenvalue weighted by atomic mass is 9.92. The normalized spacial score (nSPS) is 15.5. The summed E-state index contributed by atoms with van der Waals surface area (Å²) in [4.78, 5) is 35.3. The molecule has 41 heavy (non-hydrogen) atoms. The number of fused-ring (bicyclic) bond motifs is 1. The van der Waals surface area contributed by atoms with Crippen molar-refractivity contribution >= 4 is 23.8 Å². The Morgan fingerprint density at radius 1 is 0.902 bits per heavy atom. The van der Waals surface area contributed by atoms with E-state index in [1.54, 1.807) is 42.5 Å². The number of esters is 2. The summed E-state index contributed by atoms with van der Waals surface area (Å²) in [6, 6.07) is 15.4. The van der Waals surface area contributed by atoms with E-state index in [1.807, 2.05) is 13.8 Å². The Morgan fingerprint density at radius 3 is 2.24 bits per heavy atom. The molecule has 10 nitrogen and oxygen atoms in total. The Kier molecular flexibility index (Phi) is 10.1. The average Bonchev–Trinajstić information content (AvgIpc) is 2.91. The summed E-state index contributed by atoms with van der Waals surface area (Å²) >= 11 is 0. The Labute approximate surface area is 236 Å². The number of rotatable bonds is 6. The van der Waals surface area contributed by atoms with Crippen LogP contribution in [-0.2, 0) is 19.1 Å². The highest BCUT2D eigenvalue weighted by atomic mass is 16.6. The summed E-state index contributed by atoms with van der Waals surface area (Å²) in [5.74, 6) is -2.69. The zero-order valence-corrected chi connectivity index (χ0v) is 22.6. The van der Waals surface area contributed by atoms with E-state index in [4.69, 9.17) is 19.3 Å². The first-order valence-corrected chi connectivity index (χ1v) is 12.5. The second-order valence-electron chi connectivity index (χ2n) is 9.17. The lowest BCUT2D eigenvalue weighted by Crippen LogP contribution is -2.39. The predicted octanol–water partition coefficient (Wildman–Crippen LogP) is 4.97. The van der Waals surface area contributed by atoms with Crippen molar-refractivity contribution < 1.29 is 49.0 Å². The first kappa shape index (κ1) is 30.3. The molecule has 0 saturated carbocycles. The van der Waals surface area contributed by atoms with E-state index in [2.05, 4.69) is 0 Å². The largest absolute Gasteiger partial charge is 0.508 e. The van der Waals surface area contributed by atoms with Gasteiger partial charge in [-0.05, 0) is 49.3 Å². The topological polar surface area (TPSA) is 160 Å². The van der Waals surface area contributed by atoms with Gasteiger partial charge in [0.2, 0.25) is 11.9 Å². The van der Waals surface area contributed by atoms with Crippen molar-refractivity contribution in [1.82, 2.24) is 0 Å². The number of ketones is 1. The monoisotopic (exact) mass is 562 g/mol. The van der Waals surface area contributed by atoms with Crippen LogP contribution in [0.3, 0.4) is 0 Å². The molecule has 2 unspecified atom stereocenters. The maximum absolute atomic E-state index is 12.7. The van der Waals surface area contributed by atoms with Crippen LogP contribution in [0, 0.1) is 0 Å². The van der Waals surface area contributed by atoms with Crippen molar-refractivity contribution in [2.45, 2.75) is 33.0 Å². The first-order chi connectivity index (χ1) is 19.5. The van der Waals surface area contributed by atoms with Gasteiger partial charge >= 0.3 is 11.9 Å². The van der Waals surface area contributed by atoms with Gasteiger partial charge in [-0.15, -0.1) is 0 Å². The van der Waals surface area contributed by atoms with Crippen LogP contribution < -0.4 is 4.74 Å². The minimum Gasteiger partial charge on any atom is -0.508 e. The van der Waals surface area contributed by atoms with Gasteiger partial charge < -0.3 is 34.6 Å². The van der Waals surface area contributed by atoms with Gasteiger partial charge in [-0.1, -0.05) is 42.0 Å². The van der Waals surface area contributed by atoms with Crippen molar-refractivity contribution in [1.29, 1.82) is 0 Å². The third kappa shape index (κ3) is 8.37. The molecule has 1 aliphatic rings. The van der Waals surface area contributed by atoms with Gasteiger partial charge in [-0.2, -0.15) is 0 Å². The van der Waals surface area contributed by atoms with E-state index in [0.717, 1.165) is 11.6 Å². The van der Waals surface area contributed by atoms with Crippen LogP contribution >= 0.6 is 0 Å². The van der Waals surface area contributed by atoms with Crippen LogP contribution in [0.4, 0.5) is 0 Å². The molecule has 214 valence electrons. The number of hydrogen-bond donors (Lipinski definition) is 4. The second kappa shape index (κ2) is 13.7. The molecule has 0 spiro atoms. The lowest BCUT2D eigenvalue weighted by molar-refractivity contribution is -0.149. The molecule has 0 aliphatic carbocycles. The van der Waals surface area contributed by atoms with Gasteiger partial charge in [0, 0.05) is 25.1 Å². The minimum atomic E-state index is -1.21. The fraction of sp³-hybridized carbons (Fsp3) is 0.194. The maximum Gasteiger partial charge on any atom is 0.331 e. The molecule has 1 aliphatic heterocycles. The van der Waals surface area contributed by atoms with E-state index in [0.29, 0.717) is 11.1 Å². The summed E-state index contributed by atoms with van der Waals surface area (Å²) in [6.45, 7) is 5.28. The van der Waals surface area contributed by atoms with Gasteiger partial charge in [0.15, 0.2) is 17.6 Å². The van der Waals surface area contributed by atoms with Gasteiger partial charge in [-0.25, -0.2) is 4.79 Å². The molecule has 3 aromatic carbocycles. The Balaban J connectivity index is 0.000000233. The molecule has 10 heteroatoms. The van der Waals surface area contributed by atoms with Gasteiger partial charge in [0.05, 0.1) is 0 Å². The number of benzene rings is 3. The van der Waals surface area contributed by atoms with Crippen molar-refractivity contribution in [2.24, 2.45) is 0 Å². The Bertz CT molecular complexity index is 1470. The smallest absolute Gasteiger partial charge is 0.331 e. The van der Waals surface area contributed by atoms with Crippen LogP contribution in [0.5, 0.6) is 28.7 Å². The van der Waals surface area contributed by atoms with Crippen LogP contribution in [0.25, 0.3) is 6.08 Å². The SMILES string of the molecule is CC(=O)OC1C(=O)c2c(O)cc(O)cc2OC1c1ccccc1.CC(C)=CCOC(=O)/C=C/c1ccc(O)c(O)c1. The van der Waals surface area contributed by atoms with Gasteiger partial charge in [0.25, 0.3) is 0 Å².